The lowest BCUT2D eigenvalue weighted by molar-refractivity contribution is -0.139. The Balaban J connectivity index is 2.16. The summed E-state index contributed by atoms with van der Waals surface area (Å²) in [5, 5.41) is 15.4. The minimum absolute atomic E-state index is 0.267. The number of aliphatic carboxylic acids is 1. The minimum Gasteiger partial charge on any atom is -0.490 e. The van der Waals surface area contributed by atoms with Gasteiger partial charge in [-0.3, -0.25) is 9.48 Å². The number of amides is 1. The third-order valence-electron chi connectivity index (χ3n) is 2.81. The van der Waals surface area contributed by atoms with Crippen molar-refractivity contribution in [2.24, 2.45) is 7.05 Å². The van der Waals surface area contributed by atoms with Gasteiger partial charge in [0.15, 0.2) is 23.9 Å². The number of anilines is 1. The molecule has 1 amide bonds. The molecule has 2 N–H and O–H groups in total. The van der Waals surface area contributed by atoms with Gasteiger partial charge in [0.25, 0.3) is 5.91 Å². The number of hydrogen-bond donors (Lipinski definition) is 2. The van der Waals surface area contributed by atoms with E-state index in [9.17, 15) is 9.59 Å². The number of aromatic nitrogens is 2. The molecule has 2 rings (SSSR count). The zero-order valence-electron chi connectivity index (χ0n) is 12.8. The average Bonchev–Trinajstić information content (AvgIpc) is 2.91. The topological polar surface area (TPSA) is 103 Å². The number of carbonyl (C=O) groups is 2. The van der Waals surface area contributed by atoms with E-state index in [1.807, 2.05) is 0 Å². The van der Waals surface area contributed by atoms with Gasteiger partial charge in [-0.15, -0.1) is 0 Å². The summed E-state index contributed by atoms with van der Waals surface area (Å²) in [6.45, 7) is 1.65. The molecule has 2 aromatic rings. The number of hydrogen-bond acceptors (Lipinski definition) is 5. The van der Waals surface area contributed by atoms with E-state index in [0.717, 1.165) is 0 Å². The van der Waals surface area contributed by atoms with E-state index in [1.165, 1.54) is 18.2 Å². The number of rotatable bonds is 7. The molecule has 0 radical (unpaired) electrons. The maximum Gasteiger partial charge on any atom is 0.341 e. The van der Waals surface area contributed by atoms with Crippen molar-refractivity contribution in [3.63, 3.8) is 0 Å². The monoisotopic (exact) mass is 319 g/mol. The highest BCUT2D eigenvalue weighted by Crippen LogP contribution is 2.28. The summed E-state index contributed by atoms with van der Waals surface area (Å²) in [5.41, 5.74) is 0.349. The Morgan fingerprint density at radius 3 is 2.65 bits per heavy atom. The fraction of sp³-hybridized carbons (Fsp3) is 0.267. The maximum atomic E-state index is 12.2. The van der Waals surface area contributed by atoms with Crippen LogP contribution in [-0.2, 0) is 11.8 Å². The van der Waals surface area contributed by atoms with Gasteiger partial charge < -0.3 is 19.9 Å². The lowest BCUT2D eigenvalue weighted by atomic mass is 10.2. The summed E-state index contributed by atoms with van der Waals surface area (Å²) < 4.78 is 12.1. The summed E-state index contributed by atoms with van der Waals surface area (Å²) in [6, 6.07) is 6.20. The smallest absolute Gasteiger partial charge is 0.341 e. The largest absolute Gasteiger partial charge is 0.490 e. The van der Waals surface area contributed by atoms with Crippen molar-refractivity contribution in [1.82, 2.24) is 9.78 Å². The number of nitrogens with zero attached hydrogens (tertiary/aromatic N) is 2. The van der Waals surface area contributed by atoms with Gasteiger partial charge >= 0.3 is 5.97 Å². The molecule has 1 aromatic carbocycles. The third kappa shape index (κ3) is 4.47. The van der Waals surface area contributed by atoms with E-state index >= 15 is 0 Å². The molecule has 0 aliphatic heterocycles. The van der Waals surface area contributed by atoms with Gasteiger partial charge in [0.1, 0.15) is 0 Å². The molecule has 0 aliphatic carbocycles. The molecule has 0 atom stereocenters. The predicted octanol–water partition coefficient (Wildman–Crippen LogP) is 1.53. The van der Waals surface area contributed by atoms with Crippen LogP contribution in [0, 0.1) is 0 Å². The molecule has 1 heterocycles. The minimum atomic E-state index is -1.09. The molecule has 0 fully saturated rings. The Labute approximate surface area is 132 Å². The maximum absolute atomic E-state index is 12.2. The Morgan fingerprint density at radius 1 is 1.26 bits per heavy atom. The second kappa shape index (κ2) is 7.30. The summed E-state index contributed by atoms with van der Waals surface area (Å²) in [5.74, 6) is -0.438. The highest BCUT2D eigenvalue weighted by molar-refractivity contribution is 6.04. The van der Waals surface area contributed by atoms with E-state index in [4.69, 9.17) is 14.6 Å². The van der Waals surface area contributed by atoms with Gasteiger partial charge in [-0.25, -0.2) is 4.79 Å². The van der Waals surface area contributed by atoms with Crippen LogP contribution in [0.2, 0.25) is 0 Å². The second-order valence-corrected chi connectivity index (χ2v) is 4.61. The Morgan fingerprint density at radius 2 is 2.04 bits per heavy atom. The molecular formula is C15H17N3O5. The predicted molar refractivity (Wildman–Crippen MR) is 81.9 cm³/mol. The number of carboxylic acid groups (broad SMARTS) is 1. The number of benzene rings is 1. The molecule has 0 unspecified atom stereocenters. The molecule has 0 bridgehead atoms. The van der Waals surface area contributed by atoms with Crippen LogP contribution >= 0.6 is 0 Å². The highest BCUT2D eigenvalue weighted by Gasteiger charge is 2.13. The van der Waals surface area contributed by atoms with Gasteiger partial charge in [0.2, 0.25) is 0 Å². The van der Waals surface area contributed by atoms with E-state index in [1.54, 1.807) is 30.9 Å². The normalized spacial score (nSPS) is 10.2. The molecular weight excluding hydrogens is 302 g/mol. The SMILES string of the molecule is CCOc1cc(C(=O)Nc2ccn(C)n2)ccc1OCC(=O)O. The summed E-state index contributed by atoms with van der Waals surface area (Å²) >= 11 is 0. The van der Waals surface area contributed by atoms with Gasteiger partial charge in [0, 0.05) is 24.9 Å². The summed E-state index contributed by atoms with van der Waals surface area (Å²) in [4.78, 5) is 22.8. The molecule has 0 saturated carbocycles. The van der Waals surface area contributed by atoms with Crippen LogP contribution in [0.25, 0.3) is 0 Å². The molecule has 23 heavy (non-hydrogen) atoms. The van der Waals surface area contributed by atoms with Crippen molar-refractivity contribution in [2.45, 2.75) is 6.92 Å². The van der Waals surface area contributed by atoms with Crippen LogP contribution in [0.15, 0.2) is 30.5 Å². The molecule has 8 heteroatoms. The first-order valence-electron chi connectivity index (χ1n) is 6.92. The van der Waals surface area contributed by atoms with Gasteiger partial charge in [-0.05, 0) is 25.1 Å². The fourth-order valence-corrected chi connectivity index (χ4v) is 1.85. The molecule has 122 valence electrons. The van der Waals surface area contributed by atoms with E-state index in [2.05, 4.69) is 10.4 Å². The van der Waals surface area contributed by atoms with Crippen LogP contribution < -0.4 is 14.8 Å². The molecule has 0 aliphatic rings. The van der Waals surface area contributed by atoms with Crippen molar-refractivity contribution < 1.29 is 24.2 Å². The Hall–Kier alpha value is -3.03. The first kappa shape index (κ1) is 16.3. The lowest BCUT2D eigenvalue weighted by Crippen LogP contribution is -2.14. The Bertz CT molecular complexity index is 711. The van der Waals surface area contributed by atoms with E-state index in [-0.39, 0.29) is 11.7 Å². The fourth-order valence-electron chi connectivity index (χ4n) is 1.85. The number of nitrogens with one attached hydrogen (secondary N) is 1. The number of aryl methyl sites for hydroxylation is 1. The van der Waals surface area contributed by atoms with Crippen LogP contribution in [0.4, 0.5) is 5.82 Å². The number of carboxylic acids is 1. The van der Waals surface area contributed by atoms with E-state index in [0.29, 0.717) is 23.7 Å². The van der Waals surface area contributed by atoms with Crippen molar-refractivity contribution in [1.29, 1.82) is 0 Å². The van der Waals surface area contributed by atoms with E-state index < -0.39 is 12.6 Å². The first-order chi connectivity index (χ1) is 11.0. The third-order valence-corrected chi connectivity index (χ3v) is 2.81. The van der Waals surface area contributed by atoms with Crippen LogP contribution in [0.1, 0.15) is 17.3 Å². The molecule has 0 spiro atoms. The standard InChI is InChI=1S/C15H17N3O5/c1-3-22-12-8-10(4-5-11(12)23-9-14(19)20)15(21)16-13-6-7-18(2)17-13/h4-8H,3,9H2,1-2H3,(H,19,20)(H,16,17,21). The lowest BCUT2D eigenvalue weighted by Gasteiger charge is -2.12. The molecule has 1 aromatic heterocycles. The second-order valence-electron chi connectivity index (χ2n) is 4.61. The zero-order valence-corrected chi connectivity index (χ0v) is 12.8. The first-order valence-corrected chi connectivity index (χ1v) is 6.92. The number of carbonyl (C=O) groups excluding carboxylic acids is 1. The van der Waals surface area contributed by atoms with Crippen molar-refractivity contribution in [2.75, 3.05) is 18.5 Å². The highest BCUT2D eigenvalue weighted by atomic mass is 16.5. The number of ether oxygens (including phenoxy) is 2. The average molecular weight is 319 g/mol. The van der Waals surface area contributed by atoms with Gasteiger partial charge in [0.05, 0.1) is 6.61 Å². The van der Waals surface area contributed by atoms with Crippen LogP contribution in [-0.4, -0.2) is 40.0 Å². The summed E-state index contributed by atoms with van der Waals surface area (Å²) in [6.07, 6.45) is 1.71. The van der Waals surface area contributed by atoms with Gasteiger partial charge in [-0.2, -0.15) is 5.10 Å². The quantitative estimate of drug-likeness (QED) is 0.802. The van der Waals surface area contributed by atoms with Crippen molar-refractivity contribution >= 4 is 17.7 Å². The molecule has 8 nitrogen and oxygen atoms in total. The van der Waals surface area contributed by atoms with Crippen LogP contribution in [0.5, 0.6) is 11.5 Å². The summed E-state index contributed by atoms with van der Waals surface area (Å²) in [7, 11) is 1.75. The van der Waals surface area contributed by atoms with Gasteiger partial charge in [-0.1, -0.05) is 0 Å². The van der Waals surface area contributed by atoms with Crippen molar-refractivity contribution in [3.05, 3.63) is 36.0 Å². The zero-order chi connectivity index (χ0) is 16.8. The molecule has 0 saturated heterocycles. The van der Waals surface area contributed by atoms with Crippen molar-refractivity contribution in [3.8, 4) is 11.5 Å². The Kier molecular flexibility index (Phi) is 5.19. The van der Waals surface area contributed by atoms with Crippen LogP contribution in [0.3, 0.4) is 0 Å².